The van der Waals surface area contributed by atoms with Crippen molar-refractivity contribution in [2.45, 2.75) is 6.92 Å². The van der Waals surface area contributed by atoms with E-state index in [4.69, 9.17) is 16.4 Å². The highest BCUT2D eigenvalue weighted by Gasteiger charge is 2.07. The molecule has 2 aromatic rings. The van der Waals surface area contributed by atoms with E-state index in [1.54, 1.807) is 7.11 Å². The van der Waals surface area contributed by atoms with Gasteiger partial charge >= 0.3 is 0 Å². The Labute approximate surface area is 118 Å². The molecule has 2 rings (SSSR count). The molecule has 0 amide bonds. The first-order valence-corrected chi connectivity index (χ1v) is 6.35. The van der Waals surface area contributed by atoms with Gasteiger partial charge in [0.1, 0.15) is 0 Å². The first-order chi connectivity index (χ1) is 9.13. The number of rotatable bonds is 4. The molecule has 0 unspecified atom stereocenters. The van der Waals surface area contributed by atoms with Crippen molar-refractivity contribution in [2.75, 3.05) is 7.11 Å². The Balaban J connectivity index is 2.39. The number of hydroxylamine groups is 1. The lowest BCUT2D eigenvalue weighted by Crippen LogP contribution is -2.09. The van der Waals surface area contributed by atoms with E-state index >= 15 is 0 Å². The van der Waals surface area contributed by atoms with Gasteiger partial charge in [-0.1, -0.05) is 54.6 Å². The topological polar surface area (TPSA) is 21.3 Å². The summed E-state index contributed by atoms with van der Waals surface area (Å²) in [5, 5.41) is 0.648. The zero-order valence-electron chi connectivity index (χ0n) is 11.0. The summed E-state index contributed by atoms with van der Waals surface area (Å²) in [6.45, 7) is 5.96. The molecule has 0 spiro atoms. The van der Waals surface area contributed by atoms with Gasteiger partial charge in [-0.15, -0.1) is 0 Å². The van der Waals surface area contributed by atoms with Crippen molar-refractivity contribution in [3.8, 4) is 11.1 Å². The number of benzene rings is 2. The zero-order valence-corrected chi connectivity index (χ0v) is 11.8. The van der Waals surface area contributed by atoms with E-state index in [0.717, 1.165) is 11.1 Å². The van der Waals surface area contributed by atoms with Gasteiger partial charge in [0.15, 0.2) is 0 Å². The van der Waals surface area contributed by atoms with Gasteiger partial charge < -0.3 is 0 Å². The minimum atomic E-state index is 0.642. The maximum atomic E-state index is 6.31. The number of nitrogens with one attached hydrogen (secondary N) is 1. The molecule has 0 radical (unpaired) electrons. The first kappa shape index (κ1) is 13.7. The van der Waals surface area contributed by atoms with Crippen molar-refractivity contribution in [2.24, 2.45) is 0 Å². The van der Waals surface area contributed by atoms with Crippen LogP contribution in [-0.4, -0.2) is 7.11 Å². The van der Waals surface area contributed by atoms with Crippen LogP contribution in [0.25, 0.3) is 16.8 Å². The van der Waals surface area contributed by atoms with Gasteiger partial charge in [-0.25, -0.2) is 0 Å². The van der Waals surface area contributed by atoms with Crippen molar-refractivity contribution in [3.05, 3.63) is 65.2 Å². The molecule has 0 aliphatic heterocycles. The molecular formula is C16H16ClNO. The molecular weight excluding hydrogens is 258 g/mol. The van der Waals surface area contributed by atoms with Crippen molar-refractivity contribution in [1.29, 1.82) is 0 Å². The van der Waals surface area contributed by atoms with Crippen LogP contribution >= 0.6 is 11.6 Å². The molecule has 0 fully saturated rings. The summed E-state index contributed by atoms with van der Waals surface area (Å²) < 4.78 is 0. The third-order valence-electron chi connectivity index (χ3n) is 2.98. The van der Waals surface area contributed by atoms with Crippen molar-refractivity contribution in [1.82, 2.24) is 5.48 Å². The number of hydrogen-bond acceptors (Lipinski definition) is 2. The van der Waals surface area contributed by atoms with Crippen LogP contribution in [0.2, 0.25) is 5.02 Å². The molecule has 98 valence electrons. The summed E-state index contributed by atoms with van der Waals surface area (Å²) in [5.74, 6) is 0. The van der Waals surface area contributed by atoms with Gasteiger partial charge in [0.25, 0.3) is 0 Å². The van der Waals surface area contributed by atoms with Crippen LogP contribution in [-0.2, 0) is 4.84 Å². The quantitative estimate of drug-likeness (QED) is 0.832. The van der Waals surface area contributed by atoms with Crippen LogP contribution in [0.4, 0.5) is 0 Å². The molecule has 2 nitrogen and oxygen atoms in total. The fourth-order valence-corrected chi connectivity index (χ4v) is 2.30. The molecule has 19 heavy (non-hydrogen) atoms. The summed E-state index contributed by atoms with van der Waals surface area (Å²) in [7, 11) is 1.54. The first-order valence-electron chi connectivity index (χ1n) is 5.97. The minimum Gasteiger partial charge on any atom is -0.279 e. The van der Waals surface area contributed by atoms with Gasteiger partial charge in [-0.3, -0.25) is 10.3 Å². The van der Waals surface area contributed by atoms with E-state index < -0.39 is 0 Å². The van der Waals surface area contributed by atoms with E-state index in [-0.39, 0.29) is 0 Å². The Kier molecular flexibility index (Phi) is 4.25. The third kappa shape index (κ3) is 2.98. The predicted octanol–water partition coefficient (Wildman–Crippen LogP) is 4.44. The largest absolute Gasteiger partial charge is 0.279 e. The van der Waals surface area contributed by atoms with E-state index in [2.05, 4.69) is 31.1 Å². The molecule has 0 saturated carbocycles. The Morgan fingerprint density at radius 2 is 1.95 bits per heavy atom. The number of halogens is 1. The van der Waals surface area contributed by atoms with E-state index in [1.165, 1.54) is 11.1 Å². The summed E-state index contributed by atoms with van der Waals surface area (Å²) in [6, 6.07) is 14.1. The molecule has 0 heterocycles. The minimum absolute atomic E-state index is 0.642. The van der Waals surface area contributed by atoms with Gasteiger partial charge in [0, 0.05) is 5.56 Å². The molecule has 0 atom stereocenters. The summed E-state index contributed by atoms with van der Waals surface area (Å²) in [5.41, 5.74) is 7.67. The molecule has 1 N–H and O–H groups in total. The molecule has 0 aliphatic carbocycles. The maximum absolute atomic E-state index is 6.31. The van der Waals surface area contributed by atoms with Crippen LogP contribution in [0.5, 0.6) is 0 Å². The lowest BCUT2D eigenvalue weighted by Gasteiger charge is -2.11. The Morgan fingerprint density at radius 3 is 2.58 bits per heavy atom. The molecule has 0 aromatic heterocycles. The highest BCUT2D eigenvalue weighted by Crippen LogP contribution is 2.29. The average Bonchev–Trinajstić information content (AvgIpc) is 2.39. The molecule has 3 heteroatoms. The second-order valence-electron chi connectivity index (χ2n) is 4.29. The van der Waals surface area contributed by atoms with Crippen LogP contribution in [0.15, 0.2) is 49.0 Å². The van der Waals surface area contributed by atoms with E-state index in [0.29, 0.717) is 10.7 Å². The highest BCUT2D eigenvalue weighted by molar-refractivity contribution is 6.32. The molecule has 0 aliphatic rings. The van der Waals surface area contributed by atoms with Crippen LogP contribution in [0, 0.1) is 6.92 Å². The SMILES string of the molecule is C=C(NOC)c1ccc(-c2ccccc2C)cc1Cl. The Morgan fingerprint density at radius 1 is 1.21 bits per heavy atom. The van der Waals surface area contributed by atoms with Gasteiger partial charge in [0.2, 0.25) is 0 Å². The van der Waals surface area contributed by atoms with E-state index in [9.17, 15) is 0 Å². The Bertz CT molecular complexity index is 607. The molecule has 2 aromatic carbocycles. The summed E-state index contributed by atoms with van der Waals surface area (Å²) >= 11 is 6.31. The molecule has 0 bridgehead atoms. The molecule has 0 saturated heterocycles. The Hall–Kier alpha value is -1.77. The van der Waals surface area contributed by atoms with E-state index in [1.807, 2.05) is 30.3 Å². The second-order valence-corrected chi connectivity index (χ2v) is 4.70. The van der Waals surface area contributed by atoms with Crippen LogP contribution < -0.4 is 5.48 Å². The van der Waals surface area contributed by atoms with Gasteiger partial charge in [-0.05, 0) is 29.7 Å². The lowest BCUT2D eigenvalue weighted by molar-refractivity contribution is 0.137. The fourth-order valence-electron chi connectivity index (χ4n) is 2.00. The zero-order chi connectivity index (χ0) is 13.8. The number of aryl methyl sites for hydroxylation is 1. The monoisotopic (exact) mass is 273 g/mol. The average molecular weight is 274 g/mol. The second kappa shape index (κ2) is 5.91. The fraction of sp³-hybridized carbons (Fsp3) is 0.125. The number of hydrogen-bond donors (Lipinski definition) is 1. The van der Waals surface area contributed by atoms with Crippen molar-refractivity contribution in [3.63, 3.8) is 0 Å². The standard InChI is InChI=1S/C16H16ClNO/c1-11-6-4-5-7-14(11)13-8-9-15(16(17)10-13)12(2)18-19-3/h4-10,18H,2H2,1,3H3. The summed E-state index contributed by atoms with van der Waals surface area (Å²) in [6.07, 6.45) is 0. The van der Waals surface area contributed by atoms with Crippen LogP contribution in [0.3, 0.4) is 0 Å². The predicted molar refractivity (Wildman–Crippen MR) is 80.8 cm³/mol. The lowest BCUT2D eigenvalue weighted by atomic mass is 9.99. The van der Waals surface area contributed by atoms with Gasteiger partial charge in [0.05, 0.1) is 17.8 Å². The normalized spacial score (nSPS) is 10.3. The third-order valence-corrected chi connectivity index (χ3v) is 3.29. The summed E-state index contributed by atoms with van der Waals surface area (Å²) in [4.78, 5) is 4.84. The van der Waals surface area contributed by atoms with Crippen molar-refractivity contribution >= 4 is 17.3 Å². The van der Waals surface area contributed by atoms with Crippen molar-refractivity contribution < 1.29 is 4.84 Å². The van der Waals surface area contributed by atoms with Crippen LogP contribution in [0.1, 0.15) is 11.1 Å². The maximum Gasteiger partial charge on any atom is 0.0636 e. The smallest absolute Gasteiger partial charge is 0.0636 e. The van der Waals surface area contributed by atoms with Gasteiger partial charge in [-0.2, -0.15) is 0 Å². The highest BCUT2D eigenvalue weighted by atomic mass is 35.5.